The molecule has 1 aromatic carbocycles. The third-order valence-electron chi connectivity index (χ3n) is 2.79. The maximum atomic E-state index is 12.2. The van der Waals surface area contributed by atoms with Crippen molar-refractivity contribution in [3.8, 4) is 5.75 Å². The van der Waals surface area contributed by atoms with Crippen molar-refractivity contribution in [1.29, 1.82) is 0 Å². The molecule has 1 aromatic heterocycles. The Hall–Kier alpha value is -2.23. The summed E-state index contributed by atoms with van der Waals surface area (Å²) in [6, 6.07) is 4.47. The number of benzene rings is 1. The Kier molecular flexibility index (Phi) is 3.81. The van der Waals surface area contributed by atoms with Crippen molar-refractivity contribution in [2.24, 2.45) is 0 Å². The number of rotatable bonds is 4. The molecule has 0 saturated heterocycles. The number of hydrogen-bond donors (Lipinski definition) is 1. The van der Waals surface area contributed by atoms with Crippen LogP contribution in [-0.2, 0) is 14.9 Å². The van der Waals surface area contributed by atoms with Crippen LogP contribution in [0.15, 0.2) is 28.7 Å². The van der Waals surface area contributed by atoms with Crippen LogP contribution in [0, 0.1) is 0 Å². The summed E-state index contributed by atoms with van der Waals surface area (Å²) >= 11 is 0. The van der Waals surface area contributed by atoms with Crippen molar-refractivity contribution in [3.63, 3.8) is 0 Å². The highest BCUT2D eigenvalue weighted by Crippen LogP contribution is 2.31. The Labute approximate surface area is 122 Å². The molecule has 0 aliphatic carbocycles. The van der Waals surface area contributed by atoms with Gasteiger partial charge in [-0.15, -0.1) is 0 Å². The van der Waals surface area contributed by atoms with Crippen molar-refractivity contribution in [2.45, 2.75) is 18.3 Å². The van der Waals surface area contributed by atoms with Gasteiger partial charge in [-0.2, -0.15) is 21.6 Å². The number of halogens is 3. The molecule has 0 aliphatic rings. The molecule has 0 aliphatic heterocycles. The summed E-state index contributed by atoms with van der Waals surface area (Å²) in [7, 11) is -5.77. The number of carboxylic acids is 1. The summed E-state index contributed by atoms with van der Waals surface area (Å²) in [5.41, 5.74) is -5.35. The molecule has 0 amide bonds. The van der Waals surface area contributed by atoms with Crippen LogP contribution >= 0.6 is 0 Å². The highest BCUT2D eigenvalue weighted by atomic mass is 32.2. The third kappa shape index (κ3) is 3.01. The fourth-order valence-electron chi connectivity index (χ4n) is 1.60. The van der Waals surface area contributed by atoms with Gasteiger partial charge in [0.15, 0.2) is 0 Å². The number of alkyl halides is 3. The van der Waals surface area contributed by atoms with E-state index >= 15 is 0 Å². The molecule has 0 saturated carbocycles. The minimum atomic E-state index is -5.77. The molecule has 0 bridgehead atoms. The van der Waals surface area contributed by atoms with E-state index in [1.54, 1.807) is 0 Å². The number of carboxylic acid groups (broad SMARTS) is 1. The van der Waals surface area contributed by atoms with E-state index < -0.39 is 33.3 Å². The molecule has 0 radical (unpaired) electrons. The molecule has 22 heavy (non-hydrogen) atoms. The first-order valence-corrected chi connectivity index (χ1v) is 7.19. The van der Waals surface area contributed by atoms with E-state index in [0.717, 1.165) is 12.1 Å². The third-order valence-corrected chi connectivity index (χ3v) is 3.77. The molecule has 2 aromatic rings. The van der Waals surface area contributed by atoms with E-state index in [0.29, 0.717) is 0 Å². The largest absolute Gasteiger partial charge is 0.534 e. The molecule has 120 valence electrons. The van der Waals surface area contributed by atoms with E-state index in [1.807, 2.05) is 0 Å². The number of aliphatic carboxylic acids is 1. The van der Waals surface area contributed by atoms with Gasteiger partial charge in [0.05, 0.1) is 0 Å². The summed E-state index contributed by atoms with van der Waals surface area (Å²) in [5.74, 6) is -2.58. The van der Waals surface area contributed by atoms with E-state index in [2.05, 4.69) is 4.18 Å². The van der Waals surface area contributed by atoms with Crippen LogP contribution in [-0.4, -0.2) is 25.0 Å². The molecule has 1 N–H and O–H groups in total. The van der Waals surface area contributed by atoms with Crippen LogP contribution in [0.3, 0.4) is 0 Å². The number of furan rings is 1. The van der Waals surface area contributed by atoms with Crippen LogP contribution < -0.4 is 4.18 Å². The van der Waals surface area contributed by atoms with Gasteiger partial charge in [0.2, 0.25) is 0 Å². The lowest BCUT2D eigenvalue weighted by atomic mass is 10.1. The maximum Gasteiger partial charge on any atom is 0.534 e. The van der Waals surface area contributed by atoms with Crippen LogP contribution in [0.4, 0.5) is 13.2 Å². The van der Waals surface area contributed by atoms with Gasteiger partial charge in [-0.3, -0.25) is 4.79 Å². The van der Waals surface area contributed by atoms with Crippen molar-refractivity contribution in [2.75, 3.05) is 0 Å². The van der Waals surface area contributed by atoms with Gasteiger partial charge in [-0.05, 0) is 31.2 Å². The first kappa shape index (κ1) is 16.1. The highest BCUT2D eigenvalue weighted by molar-refractivity contribution is 7.88. The first-order valence-electron chi connectivity index (χ1n) is 5.78. The zero-order valence-electron chi connectivity index (χ0n) is 10.9. The maximum absolute atomic E-state index is 12.2. The van der Waals surface area contributed by atoms with Gasteiger partial charge in [0.25, 0.3) is 0 Å². The van der Waals surface area contributed by atoms with Crippen LogP contribution in [0.1, 0.15) is 18.6 Å². The fraction of sp³-hybridized carbons (Fsp3) is 0.250. The molecule has 1 atom stereocenters. The lowest BCUT2D eigenvalue weighted by Gasteiger charge is -2.08. The lowest BCUT2D eigenvalue weighted by molar-refractivity contribution is -0.138. The van der Waals surface area contributed by atoms with E-state index in [-0.39, 0.29) is 16.7 Å². The minimum Gasteiger partial charge on any atom is -0.481 e. The summed E-state index contributed by atoms with van der Waals surface area (Å²) in [6.07, 6.45) is 0. The minimum absolute atomic E-state index is 0.0818. The van der Waals surface area contributed by atoms with Crippen LogP contribution in [0.5, 0.6) is 5.75 Å². The summed E-state index contributed by atoms with van der Waals surface area (Å²) in [6.45, 7) is 1.37. The monoisotopic (exact) mass is 338 g/mol. The first-order chi connectivity index (χ1) is 10.0. The second kappa shape index (κ2) is 5.20. The van der Waals surface area contributed by atoms with Gasteiger partial charge in [0, 0.05) is 5.39 Å². The molecule has 0 fully saturated rings. The molecular formula is C12H9F3O6S. The van der Waals surface area contributed by atoms with E-state index in [4.69, 9.17) is 9.52 Å². The van der Waals surface area contributed by atoms with Gasteiger partial charge in [-0.1, -0.05) is 0 Å². The number of fused-ring (bicyclic) bond motifs is 1. The topological polar surface area (TPSA) is 93.8 Å². The Bertz CT molecular complexity index is 821. The van der Waals surface area contributed by atoms with Crippen LogP contribution in [0.2, 0.25) is 0 Å². The van der Waals surface area contributed by atoms with Crippen molar-refractivity contribution in [1.82, 2.24) is 0 Å². The highest BCUT2D eigenvalue weighted by Gasteiger charge is 2.48. The van der Waals surface area contributed by atoms with Crippen molar-refractivity contribution < 1.29 is 40.1 Å². The zero-order valence-corrected chi connectivity index (χ0v) is 11.7. The fourth-order valence-corrected chi connectivity index (χ4v) is 2.05. The predicted octanol–water partition coefficient (Wildman–Crippen LogP) is 2.85. The standard InChI is InChI=1S/C12H9F3O6S/c1-6(11(16)17)10-5-7-4-8(2-3-9(7)20-10)21-22(18,19)12(13,14)15/h2-6H,1H3,(H,16,17). The van der Waals surface area contributed by atoms with Gasteiger partial charge >= 0.3 is 21.6 Å². The Morgan fingerprint density at radius 2 is 1.95 bits per heavy atom. The summed E-state index contributed by atoms with van der Waals surface area (Å²) < 4.78 is 67.7. The van der Waals surface area contributed by atoms with Crippen LogP contribution in [0.25, 0.3) is 11.0 Å². The lowest BCUT2D eigenvalue weighted by Crippen LogP contribution is -2.27. The SMILES string of the molecule is CC(C(=O)O)c1cc2cc(OS(=O)(=O)C(F)(F)F)ccc2o1. The van der Waals surface area contributed by atoms with Crippen molar-refractivity contribution in [3.05, 3.63) is 30.0 Å². The van der Waals surface area contributed by atoms with E-state index in [9.17, 15) is 26.4 Å². The Morgan fingerprint density at radius 3 is 2.50 bits per heavy atom. The van der Waals surface area contributed by atoms with Crippen molar-refractivity contribution >= 4 is 27.1 Å². The average Bonchev–Trinajstić information content (AvgIpc) is 2.78. The molecule has 10 heteroatoms. The predicted molar refractivity (Wildman–Crippen MR) is 67.9 cm³/mol. The van der Waals surface area contributed by atoms with Gasteiger partial charge in [0.1, 0.15) is 23.0 Å². The van der Waals surface area contributed by atoms with E-state index in [1.165, 1.54) is 19.1 Å². The quantitative estimate of drug-likeness (QED) is 0.680. The molecule has 1 unspecified atom stereocenters. The molecule has 0 spiro atoms. The number of carbonyl (C=O) groups is 1. The average molecular weight is 338 g/mol. The summed E-state index contributed by atoms with van der Waals surface area (Å²) in [4.78, 5) is 10.9. The van der Waals surface area contributed by atoms with Gasteiger partial charge < -0.3 is 13.7 Å². The second-order valence-corrected chi connectivity index (χ2v) is 5.93. The molecule has 6 nitrogen and oxygen atoms in total. The molecular weight excluding hydrogens is 329 g/mol. The normalized spacial score (nSPS) is 14.0. The Balaban J connectivity index is 2.38. The van der Waals surface area contributed by atoms with Gasteiger partial charge in [-0.25, -0.2) is 0 Å². The second-order valence-electron chi connectivity index (χ2n) is 4.39. The number of hydrogen-bond acceptors (Lipinski definition) is 5. The molecule has 1 heterocycles. The smallest absolute Gasteiger partial charge is 0.481 e. The Morgan fingerprint density at radius 1 is 1.32 bits per heavy atom. The molecule has 2 rings (SSSR count). The zero-order chi connectivity index (χ0) is 16.7. The summed E-state index contributed by atoms with van der Waals surface area (Å²) in [5, 5.41) is 9.09.